The van der Waals surface area contributed by atoms with Gasteiger partial charge >= 0.3 is 0 Å². The van der Waals surface area contributed by atoms with Crippen molar-refractivity contribution in [2.45, 2.75) is 19.0 Å². The van der Waals surface area contributed by atoms with E-state index >= 15 is 0 Å². The van der Waals surface area contributed by atoms with Crippen LogP contribution in [0.25, 0.3) is 0 Å². The molecule has 156 valence electrons. The quantitative estimate of drug-likeness (QED) is 0.699. The summed E-state index contributed by atoms with van der Waals surface area (Å²) in [4.78, 5) is 31.3. The number of fused-ring (bicyclic) bond motifs is 1. The molecule has 2 amide bonds. The monoisotopic (exact) mass is 427 g/mol. The first-order valence-corrected chi connectivity index (χ1v) is 10.4. The molecule has 30 heavy (non-hydrogen) atoms. The Bertz CT molecular complexity index is 990. The largest absolute Gasteiger partial charge is 0.454 e. The summed E-state index contributed by atoms with van der Waals surface area (Å²) in [6.07, 6.45) is 0.201. The summed E-state index contributed by atoms with van der Waals surface area (Å²) in [5.74, 6) is 1.20. The van der Waals surface area contributed by atoms with E-state index in [0.717, 1.165) is 44.2 Å². The van der Waals surface area contributed by atoms with E-state index in [1.807, 2.05) is 12.1 Å². The molecule has 2 saturated heterocycles. The summed E-state index contributed by atoms with van der Waals surface area (Å²) in [7, 11) is 0. The lowest BCUT2D eigenvalue weighted by atomic mass is 10.1. The maximum absolute atomic E-state index is 13.0. The lowest BCUT2D eigenvalue weighted by Gasteiger charge is -2.37. The Morgan fingerprint density at radius 3 is 2.53 bits per heavy atom. The van der Waals surface area contributed by atoms with Gasteiger partial charge in [-0.15, -0.1) is 0 Å². The zero-order chi connectivity index (χ0) is 20.7. The molecule has 0 saturated carbocycles. The average Bonchev–Trinajstić information content (AvgIpc) is 3.33. The van der Waals surface area contributed by atoms with E-state index in [4.69, 9.17) is 21.1 Å². The van der Waals surface area contributed by atoms with Crippen molar-refractivity contribution < 1.29 is 19.1 Å². The molecule has 3 heterocycles. The van der Waals surface area contributed by atoms with Gasteiger partial charge in [0.25, 0.3) is 5.91 Å². The number of rotatable bonds is 4. The van der Waals surface area contributed by atoms with E-state index in [2.05, 4.69) is 15.9 Å². The number of para-hydroxylation sites is 1. The molecule has 2 aromatic carbocycles. The molecule has 5 rings (SSSR count). The Kier molecular flexibility index (Phi) is 5.10. The van der Waals surface area contributed by atoms with Crippen LogP contribution in [0.4, 0.5) is 5.69 Å². The van der Waals surface area contributed by atoms with Gasteiger partial charge in [0.15, 0.2) is 11.5 Å². The fourth-order valence-electron chi connectivity index (χ4n) is 4.32. The number of imide groups is 1. The van der Waals surface area contributed by atoms with Gasteiger partial charge in [-0.05, 0) is 29.8 Å². The molecule has 0 radical (unpaired) electrons. The number of amides is 2. The SMILES string of the molecule is O=C1C[C@H](N2CCN(Cc3ccc4c(c3)OCO4)CC2)C(=O)N1c1ccccc1Cl. The first-order valence-electron chi connectivity index (χ1n) is 10.1. The number of halogens is 1. The van der Waals surface area contributed by atoms with Gasteiger partial charge in [0.1, 0.15) is 0 Å². The Labute approximate surface area is 179 Å². The molecule has 2 aromatic rings. The number of piperazine rings is 1. The van der Waals surface area contributed by atoms with Crippen LogP contribution in [0.5, 0.6) is 11.5 Å². The van der Waals surface area contributed by atoms with Gasteiger partial charge in [0.05, 0.1) is 23.2 Å². The number of carbonyl (C=O) groups excluding carboxylic acids is 2. The van der Waals surface area contributed by atoms with Crippen molar-refractivity contribution in [2.75, 3.05) is 37.9 Å². The minimum atomic E-state index is -0.415. The highest BCUT2D eigenvalue weighted by Crippen LogP contribution is 2.34. The van der Waals surface area contributed by atoms with Crippen LogP contribution in [-0.2, 0) is 16.1 Å². The average molecular weight is 428 g/mol. The lowest BCUT2D eigenvalue weighted by Crippen LogP contribution is -2.52. The maximum atomic E-state index is 13.0. The van der Waals surface area contributed by atoms with Gasteiger partial charge in [0, 0.05) is 32.7 Å². The fraction of sp³-hybridized carbons (Fsp3) is 0.364. The van der Waals surface area contributed by atoms with Crippen LogP contribution < -0.4 is 14.4 Å². The van der Waals surface area contributed by atoms with E-state index in [0.29, 0.717) is 10.7 Å². The number of nitrogens with zero attached hydrogens (tertiary/aromatic N) is 3. The van der Waals surface area contributed by atoms with Crippen LogP contribution in [-0.4, -0.2) is 60.6 Å². The standard InChI is InChI=1S/C22H22ClN3O4/c23-16-3-1-2-4-17(16)26-21(27)12-18(22(26)28)25-9-7-24(8-10-25)13-15-5-6-19-20(11-15)30-14-29-19/h1-6,11,18H,7-10,12-14H2/t18-/m0/s1. The highest BCUT2D eigenvalue weighted by Gasteiger charge is 2.43. The molecule has 3 aliphatic heterocycles. The van der Waals surface area contributed by atoms with Crippen molar-refractivity contribution >= 4 is 29.1 Å². The first kappa shape index (κ1) is 19.4. The van der Waals surface area contributed by atoms with E-state index in [1.165, 1.54) is 10.5 Å². The molecule has 0 aromatic heterocycles. The summed E-state index contributed by atoms with van der Waals surface area (Å²) >= 11 is 6.22. The van der Waals surface area contributed by atoms with Crippen molar-refractivity contribution in [1.82, 2.24) is 9.80 Å². The van der Waals surface area contributed by atoms with E-state index in [-0.39, 0.29) is 25.0 Å². The minimum absolute atomic E-state index is 0.183. The summed E-state index contributed by atoms with van der Waals surface area (Å²) < 4.78 is 10.8. The number of hydrogen-bond acceptors (Lipinski definition) is 6. The zero-order valence-electron chi connectivity index (χ0n) is 16.4. The van der Waals surface area contributed by atoms with Gasteiger partial charge in [0.2, 0.25) is 12.7 Å². The van der Waals surface area contributed by atoms with Crippen LogP contribution >= 0.6 is 11.6 Å². The van der Waals surface area contributed by atoms with Crippen LogP contribution in [0.2, 0.25) is 5.02 Å². The van der Waals surface area contributed by atoms with Gasteiger partial charge in [-0.3, -0.25) is 19.4 Å². The molecule has 8 heteroatoms. The molecule has 0 aliphatic carbocycles. The van der Waals surface area contributed by atoms with Gasteiger partial charge in [-0.25, -0.2) is 4.90 Å². The summed E-state index contributed by atoms with van der Waals surface area (Å²) in [5, 5.41) is 0.411. The molecule has 3 aliphatic rings. The molecule has 2 fully saturated rings. The molecule has 0 N–H and O–H groups in total. The smallest absolute Gasteiger partial charge is 0.251 e. The van der Waals surface area contributed by atoms with Crippen molar-refractivity contribution in [3.63, 3.8) is 0 Å². The fourth-order valence-corrected chi connectivity index (χ4v) is 4.54. The number of anilines is 1. The molecular formula is C22H22ClN3O4. The molecule has 0 spiro atoms. The normalized spacial score (nSPS) is 22.2. The molecule has 0 unspecified atom stereocenters. The van der Waals surface area contributed by atoms with Gasteiger partial charge < -0.3 is 9.47 Å². The molecule has 1 atom stereocenters. The number of hydrogen-bond donors (Lipinski definition) is 0. The topological polar surface area (TPSA) is 62.3 Å². The van der Waals surface area contributed by atoms with E-state index in [1.54, 1.807) is 24.3 Å². The predicted molar refractivity (Wildman–Crippen MR) is 112 cm³/mol. The van der Waals surface area contributed by atoms with Gasteiger partial charge in [-0.1, -0.05) is 29.8 Å². The lowest BCUT2D eigenvalue weighted by molar-refractivity contribution is -0.123. The third kappa shape index (κ3) is 3.53. The maximum Gasteiger partial charge on any atom is 0.251 e. The highest BCUT2D eigenvalue weighted by atomic mass is 35.5. The second-order valence-electron chi connectivity index (χ2n) is 7.74. The zero-order valence-corrected chi connectivity index (χ0v) is 17.2. The van der Waals surface area contributed by atoms with E-state index in [9.17, 15) is 9.59 Å². The predicted octanol–water partition coefficient (Wildman–Crippen LogP) is 2.52. The minimum Gasteiger partial charge on any atom is -0.454 e. The molecule has 0 bridgehead atoms. The Morgan fingerprint density at radius 2 is 1.73 bits per heavy atom. The van der Waals surface area contributed by atoms with Gasteiger partial charge in [-0.2, -0.15) is 0 Å². The first-order chi connectivity index (χ1) is 14.6. The van der Waals surface area contributed by atoms with Crippen molar-refractivity contribution in [2.24, 2.45) is 0 Å². The van der Waals surface area contributed by atoms with Crippen molar-refractivity contribution in [1.29, 1.82) is 0 Å². The van der Waals surface area contributed by atoms with Crippen LogP contribution in [0, 0.1) is 0 Å². The molecule has 7 nitrogen and oxygen atoms in total. The number of carbonyl (C=O) groups is 2. The van der Waals surface area contributed by atoms with Crippen LogP contribution in [0.1, 0.15) is 12.0 Å². The Hall–Kier alpha value is -2.61. The third-order valence-corrected chi connectivity index (χ3v) is 6.23. The molecular weight excluding hydrogens is 406 g/mol. The second kappa shape index (κ2) is 7.91. The van der Waals surface area contributed by atoms with E-state index < -0.39 is 6.04 Å². The van der Waals surface area contributed by atoms with Crippen molar-refractivity contribution in [3.05, 3.63) is 53.1 Å². The summed E-state index contributed by atoms with van der Waals surface area (Å²) in [6.45, 7) is 4.23. The Morgan fingerprint density at radius 1 is 0.967 bits per heavy atom. The van der Waals surface area contributed by atoms with Crippen LogP contribution in [0.3, 0.4) is 0 Å². The summed E-state index contributed by atoms with van der Waals surface area (Å²) in [5.41, 5.74) is 1.64. The van der Waals surface area contributed by atoms with Crippen LogP contribution in [0.15, 0.2) is 42.5 Å². The highest BCUT2D eigenvalue weighted by molar-refractivity contribution is 6.36. The van der Waals surface area contributed by atoms with Crippen molar-refractivity contribution in [3.8, 4) is 11.5 Å². The third-order valence-electron chi connectivity index (χ3n) is 5.91. The Balaban J connectivity index is 1.21. The number of ether oxygens (including phenoxy) is 2. The summed E-state index contributed by atoms with van der Waals surface area (Å²) in [6, 6.07) is 12.6. The second-order valence-corrected chi connectivity index (χ2v) is 8.15. The number of benzene rings is 2.